The molecule has 0 amide bonds. The predicted octanol–water partition coefficient (Wildman–Crippen LogP) is 1.70. The minimum atomic E-state index is 1.15. The van der Waals surface area contributed by atoms with E-state index < -0.39 is 0 Å². The summed E-state index contributed by atoms with van der Waals surface area (Å²) in [7, 11) is 1.65. The molecule has 14 heavy (non-hydrogen) atoms. The summed E-state index contributed by atoms with van der Waals surface area (Å²) in [4.78, 5) is 5.09. The first-order chi connectivity index (χ1) is 6.90. The van der Waals surface area contributed by atoms with E-state index >= 15 is 0 Å². The maximum absolute atomic E-state index is 5.09. The molecule has 0 N–H and O–H groups in total. The highest BCUT2D eigenvalue weighted by atomic mass is 16.6. The number of hydrogen-bond acceptors (Lipinski definition) is 1. The summed E-state index contributed by atoms with van der Waals surface area (Å²) in [5.41, 5.74) is 2.34. The van der Waals surface area contributed by atoms with Gasteiger partial charge in [-0.3, -0.25) is 4.84 Å². The maximum Gasteiger partial charge on any atom is 0.230 e. The molecular weight excluding hydrogens is 174 g/mol. The molecule has 0 bridgehead atoms. The zero-order valence-electron chi connectivity index (χ0n) is 8.05. The Hall–Kier alpha value is -1.83. The maximum atomic E-state index is 5.09. The Labute approximate surface area is 83.4 Å². The topological polar surface area (TPSA) is 13.1 Å². The first kappa shape index (κ1) is 8.75. The van der Waals surface area contributed by atoms with E-state index in [4.69, 9.17) is 4.84 Å². The summed E-state index contributed by atoms with van der Waals surface area (Å²) in [6.45, 7) is 0. The lowest BCUT2D eigenvalue weighted by atomic mass is 10.1. The SMILES string of the molecule is CO[n+]1cccc(-c2ccccc2)c1. The van der Waals surface area contributed by atoms with Crippen LogP contribution in [0.2, 0.25) is 0 Å². The molecule has 2 heteroatoms. The van der Waals surface area contributed by atoms with Gasteiger partial charge in [0.05, 0.1) is 5.56 Å². The van der Waals surface area contributed by atoms with Crippen LogP contribution in [0.15, 0.2) is 54.9 Å². The van der Waals surface area contributed by atoms with Crippen molar-refractivity contribution in [3.8, 4) is 11.1 Å². The van der Waals surface area contributed by atoms with Crippen LogP contribution in [0.3, 0.4) is 0 Å². The second-order valence-electron chi connectivity index (χ2n) is 3.00. The van der Waals surface area contributed by atoms with E-state index in [1.165, 1.54) is 5.56 Å². The molecule has 0 aliphatic heterocycles. The van der Waals surface area contributed by atoms with Gasteiger partial charge in [-0.2, -0.15) is 0 Å². The molecule has 2 aromatic rings. The summed E-state index contributed by atoms with van der Waals surface area (Å²) in [6.07, 6.45) is 3.82. The molecule has 0 saturated carbocycles. The van der Waals surface area contributed by atoms with Crippen molar-refractivity contribution in [1.82, 2.24) is 0 Å². The van der Waals surface area contributed by atoms with Crippen molar-refractivity contribution in [2.45, 2.75) is 0 Å². The molecule has 0 atom stereocenters. The second kappa shape index (κ2) is 3.92. The average Bonchev–Trinajstić information content (AvgIpc) is 2.30. The fourth-order valence-corrected chi connectivity index (χ4v) is 1.37. The normalized spacial score (nSPS) is 9.79. The number of hydrogen-bond donors (Lipinski definition) is 0. The van der Waals surface area contributed by atoms with Gasteiger partial charge in [0.1, 0.15) is 7.11 Å². The van der Waals surface area contributed by atoms with E-state index in [1.54, 1.807) is 11.8 Å². The molecular formula is C12H12NO+. The first-order valence-electron chi connectivity index (χ1n) is 4.51. The van der Waals surface area contributed by atoms with Gasteiger partial charge in [0, 0.05) is 10.8 Å². The van der Waals surface area contributed by atoms with Gasteiger partial charge in [0.15, 0.2) is 0 Å². The van der Waals surface area contributed by atoms with Crippen molar-refractivity contribution in [2.24, 2.45) is 0 Å². The standard InChI is InChI=1S/C12H12NO/c1-14-13-9-5-8-12(10-13)11-6-3-2-4-7-11/h2-10H,1H3/q+1. The van der Waals surface area contributed by atoms with Crippen molar-refractivity contribution < 1.29 is 9.57 Å². The second-order valence-corrected chi connectivity index (χ2v) is 3.00. The lowest BCUT2D eigenvalue weighted by Gasteiger charge is -1.98. The monoisotopic (exact) mass is 186 g/mol. The van der Waals surface area contributed by atoms with Crippen molar-refractivity contribution >= 4 is 0 Å². The summed E-state index contributed by atoms with van der Waals surface area (Å²) in [5.74, 6) is 0. The highest BCUT2D eigenvalue weighted by Gasteiger charge is 2.03. The number of aromatic nitrogens is 1. The zero-order chi connectivity index (χ0) is 9.80. The van der Waals surface area contributed by atoms with Crippen LogP contribution < -0.4 is 9.57 Å². The van der Waals surface area contributed by atoms with E-state index in [9.17, 15) is 0 Å². The third kappa shape index (κ3) is 1.74. The van der Waals surface area contributed by atoms with Crippen molar-refractivity contribution in [2.75, 3.05) is 7.11 Å². The molecule has 2 nitrogen and oxygen atoms in total. The molecule has 0 saturated heterocycles. The van der Waals surface area contributed by atoms with Gasteiger partial charge in [-0.25, -0.2) is 0 Å². The molecule has 1 heterocycles. The van der Waals surface area contributed by atoms with Crippen molar-refractivity contribution in [3.05, 3.63) is 54.9 Å². The van der Waals surface area contributed by atoms with E-state index in [0.29, 0.717) is 0 Å². The van der Waals surface area contributed by atoms with E-state index in [-0.39, 0.29) is 0 Å². The highest BCUT2D eigenvalue weighted by molar-refractivity contribution is 5.61. The van der Waals surface area contributed by atoms with Crippen molar-refractivity contribution in [3.63, 3.8) is 0 Å². The quantitative estimate of drug-likeness (QED) is 0.651. The number of pyridine rings is 1. The lowest BCUT2D eigenvalue weighted by Crippen LogP contribution is -2.39. The van der Waals surface area contributed by atoms with Crippen molar-refractivity contribution in [1.29, 1.82) is 0 Å². The van der Waals surface area contributed by atoms with Gasteiger partial charge < -0.3 is 0 Å². The Morgan fingerprint density at radius 3 is 2.36 bits per heavy atom. The smallest absolute Gasteiger partial charge is 0.230 e. The fourth-order valence-electron chi connectivity index (χ4n) is 1.37. The van der Waals surface area contributed by atoms with Crippen LogP contribution >= 0.6 is 0 Å². The van der Waals surface area contributed by atoms with E-state index in [1.807, 2.05) is 36.7 Å². The summed E-state index contributed by atoms with van der Waals surface area (Å²) in [5, 5.41) is 0. The van der Waals surface area contributed by atoms with Gasteiger partial charge in [-0.15, -0.1) is 0 Å². The fraction of sp³-hybridized carbons (Fsp3) is 0.0833. The summed E-state index contributed by atoms with van der Waals surface area (Å²) >= 11 is 0. The van der Waals surface area contributed by atoms with Crippen LogP contribution in [-0.2, 0) is 0 Å². The van der Waals surface area contributed by atoms with Gasteiger partial charge in [0.2, 0.25) is 12.4 Å². The Balaban J connectivity index is 2.42. The molecule has 1 aromatic heterocycles. The Kier molecular flexibility index (Phi) is 2.45. The molecule has 0 aliphatic rings. The largest absolute Gasteiger partial charge is 0.275 e. The predicted molar refractivity (Wildman–Crippen MR) is 54.6 cm³/mol. The summed E-state index contributed by atoms with van der Waals surface area (Å²) < 4.78 is 1.68. The van der Waals surface area contributed by atoms with Gasteiger partial charge in [-0.1, -0.05) is 30.3 Å². The van der Waals surface area contributed by atoms with Crippen LogP contribution in [0.1, 0.15) is 0 Å². The van der Waals surface area contributed by atoms with Gasteiger partial charge in [-0.05, 0) is 11.6 Å². The number of rotatable bonds is 2. The van der Waals surface area contributed by atoms with Gasteiger partial charge in [0.25, 0.3) is 0 Å². The number of nitrogens with zero attached hydrogens (tertiary/aromatic N) is 1. The first-order valence-corrected chi connectivity index (χ1v) is 4.51. The Morgan fingerprint density at radius 2 is 1.64 bits per heavy atom. The zero-order valence-corrected chi connectivity index (χ0v) is 8.05. The molecule has 0 unspecified atom stereocenters. The van der Waals surface area contributed by atoms with E-state index in [2.05, 4.69) is 18.2 Å². The third-order valence-corrected chi connectivity index (χ3v) is 2.09. The Morgan fingerprint density at radius 1 is 0.929 bits per heavy atom. The highest BCUT2D eigenvalue weighted by Crippen LogP contribution is 2.15. The van der Waals surface area contributed by atoms with Crippen LogP contribution in [0.5, 0.6) is 0 Å². The summed E-state index contributed by atoms with van der Waals surface area (Å²) in [6, 6.07) is 14.2. The molecule has 0 fully saturated rings. The van der Waals surface area contributed by atoms with Gasteiger partial charge >= 0.3 is 0 Å². The van der Waals surface area contributed by atoms with Crippen LogP contribution in [0.25, 0.3) is 11.1 Å². The molecule has 2 rings (SSSR count). The third-order valence-electron chi connectivity index (χ3n) is 2.09. The molecule has 0 aliphatic carbocycles. The van der Waals surface area contributed by atoms with E-state index in [0.717, 1.165) is 5.56 Å². The van der Waals surface area contributed by atoms with Crippen LogP contribution in [0, 0.1) is 0 Å². The number of benzene rings is 1. The van der Waals surface area contributed by atoms with Crippen LogP contribution in [0.4, 0.5) is 0 Å². The minimum absolute atomic E-state index is 1.15. The van der Waals surface area contributed by atoms with Crippen LogP contribution in [-0.4, -0.2) is 7.11 Å². The average molecular weight is 186 g/mol. The minimum Gasteiger partial charge on any atom is -0.275 e. The molecule has 1 aromatic carbocycles. The molecule has 70 valence electrons. The lowest BCUT2D eigenvalue weighted by molar-refractivity contribution is -0.885. The Bertz CT molecular complexity index is 412. The molecule has 0 radical (unpaired) electrons. The molecule has 0 spiro atoms.